The molecule has 0 radical (unpaired) electrons. The quantitative estimate of drug-likeness (QED) is 0.791. The molecule has 0 spiro atoms. The number of piperidine rings is 1. The normalized spacial score (nSPS) is 22.4. The molecule has 0 N–H and O–H groups in total. The number of carbonyl (C=O) groups excluding carboxylic acids is 2. The van der Waals surface area contributed by atoms with Crippen molar-refractivity contribution < 1.29 is 9.59 Å². The molecule has 3 rings (SSSR count). The van der Waals surface area contributed by atoms with Gasteiger partial charge in [-0.2, -0.15) is 0 Å². The summed E-state index contributed by atoms with van der Waals surface area (Å²) < 4.78 is 1.06. The summed E-state index contributed by atoms with van der Waals surface area (Å²) in [5.74, 6) is 0.457. The highest BCUT2D eigenvalue weighted by atomic mass is 79.9. The van der Waals surface area contributed by atoms with Crippen molar-refractivity contribution in [1.82, 2.24) is 9.80 Å². The standard InChI is InChI=1S/C18H23BrN2O2/c1-13(22)20-10-7-14(8-11-20)18(23)21-9-3-6-17(21)15-4-2-5-16(19)12-15/h2,4-5,12,14,17H,3,6-11H2,1H3/t17-/m1/s1. The van der Waals surface area contributed by atoms with Crippen molar-refractivity contribution in [2.75, 3.05) is 19.6 Å². The fraction of sp³-hybridized carbons (Fsp3) is 0.556. The van der Waals surface area contributed by atoms with E-state index < -0.39 is 0 Å². The molecule has 0 unspecified atom stereocenters. The van der Waals surface area contributed by atoms with E-state index in [1.807, 2.05) is 17.0 Å². The van der Waals surface area contributed by atoms with Crippen molar-refractivity contribution in [1.29, 1.82) is 0 Å². The molecule has 2 saturated heterocycles. The molecule has 1 aromatic rings. The van der Waals surface area contributed by atoms with E-state index >= 15 is 0 Å². The molecule has 0 bridgehead atoms. The monoisotopic (exact) mass is 378 g/mol. The number of benzene rings is 1. The molecule has 1 aromatic carbocycles. The number of amides is 2. The van der Waals surface area contributed by atoms with E-state index in [0.717, 1.165) is 36.7 Å². The Labute approximate surface area is 146 Å². The predicted octanol–water partition coefficient (Wildman–Crippen LogP) is 3.37. The van der Waals surface area contributed by atoms with Crippen molar-refractivity contribution in [3.8, 4) is 0 Å². The van der Waals surface area contributed by atoms with E-state index in [1.54, 1.807) is 6.92 Å². The van der Waals surface area contributed by atoms with Crippen molar-refractivity contribution in [3.05, 3.63) is 34.3 Å². The molecule has 5 heteroatoms. The molecule has 124 valence electrons. The first-order chi connectivity index (χ1) is 11.1. The van der Waals surface area contributed by atoms with Crippen LogP contribution in [0.4, 0.5) is 0 Å². The summed E-state index contributed by atoms with van der Waals surface area (Å²) in [5.41, 5.74) is 1.21. The van der Waals surface area contributed by atoms with Crippen LogP contribution in [0.5, 0.6) is 0 Å². The number of nitrogens with zero attached hydrogens (tertiary/aromatic N) is 2. The summed E-state index contributed by atoms with van der Waals surface area (Å²) in [5, 5.41) is 0. The highest BCUT2D eigenvalue weighted by Gasteiger charge is 2.35. The Kier molecular flexibility index (Phi) is 5.05. The molecule has 2 aliphatic heterocycles. The van der Waals surface area contributed by atoms with E-state index in [9.17, 15) is 9.59 Å². The summed E-state index contributed by atoms with van der Waals surface area (Å²) in [6, 6.07) is 8.48. The van der Waals surface area contributed by atoms with Crippen LogP contribution in [0.25, 0.3) is 0 Å². The Balaban J connectivity index is 1.68. The van der Waals surface area contributed by atoms with Crippen LogP contribution in [0.1, 0.15) is 44.2 Å². The van der Waals surface area contributed by atoms with Crippen LogP contribution >= 0.6 is 15.9 Å². The van der Waals surface area contributed by atoms with Crippen LogP contribution in [0.15, 0.2) is 28.7 Å². The Hall–Kier alpha value is -1.36. The maximum absolute atomic E-state index is 13.0. The van der Waals surface area contributed by atoms with Gasteiger partial charge in [0.2, 0.25) is 11.8 Å². The van der Waals surface area contributed by atoms with Gasteiger partial charge in [0, 0.05) is 36.9 Å². The third-order valence-electron chi connectivity index (χ3n) is 5.06. The second-order valence-electron chi connectivity index (χ2n) is 6.53. The van der Waals surface area contributed by atoms with Crippen LogP contribution in [-0.4, -0.2) is 41.2 Å². The zero-order chi connectivity index (χ0) is 16.4. The number of likely N-dealkylation sites (tertiary alicyclic amines) is 2. The number of carbonyl (C=O) groups is 2. The molecule has 0 aromatic heterocycles. The van der Waals surface area contributed by atoms with Crippen molar-refractivity contribution >= 4 is 27.7 Å². The summed E-state index contributed by atoms with van der Waals surface area (Å²) in [6.07, 6.45) is 3.68. The van der Waals surface area contributed by atoms with Crippen molar-refractivity contribution in [2.45, 2.75) is 38.6 Å². The van der Waals surface area contributed by atoms with Gasteiger partial charge in [-0.25, -0.2) is 0 Å². The Morgan fingerprint density at radius 2 is 1.87 bits per heavy atom. The van der Waals surface area contributed by atoms with E-state index in [0.29, 0.717) is 13.1 Å². The van der Waals surface area contributed by atoms with E-state index in [-0.39, 0.29) is 23.8 Å². The van der Waals surface area contributed by atoms with E-state index in [2.05, 4.69) is 33.0 Å². The van der Waals surface area contributed by atoms with Crippen LogP contribution < -0.4 is 0 Å². The van der Waals surface area contributed by atoms with Crippen LogP contribution in [0.2, 0.25) is 0 Å². The molecule has 0 saturated carbocycles. The van der Waals surface area contributed by atoms with Gasteiger partial charge in [-0.1, -0.05) is 28.1 Å². The Morgan fingerprint density at radius 1 is 1.13 bits per heavy atom. The van der Waals surface area contributed by atoms with Gasteiger partial charge >= 0.3 is 0 Å². The molecule has 2 fully saturated rings. The predicted molar refractivity (Wildman–Crippen MR) is 92.8 cm³/mol. The molecular weight excluding hydrogens is 356 g/mol. The fourth-order valence-electron chi connectivity index (χ4n) is 3.77. The summed E-state index contributed by atoms with van der Waals surface area (Å²) in [4.78, 5) is 28.3. The van der Waals surface area contributed by atoms with Gasteiger partial charge in [-0.3, -0.25) is 9.59 Å². The highest BCUT2D eigenvalue weighted by molar-refractivity contribution is 9.10. The van der Waals surface area contributed by atoms with Gasteiger partial charge in [0.25, 0.3) is 0 Å². The minimum Gasteiger partial charge on any atom is -0.343 e. The van der Waals surface area contributed by atoms with Crippen LogP contribution in [-0.2, 0) is 9.59 Å². The van der Waals surface area contributed by atoms with Gasteiger partial charge in [-0.05, 0) is 43.4 Å². The summed E-state index contributed by atoms with van der Waals surface area (Å²) in [7, 11) is 0. The molecule has 2 aliphatic rings. The second-order valence-corrected chi connectivity index (χ2v) is 7.44. The Bertz CT molecular complexity index is 596. The first kappa shape index (κ1) is 16.5. The smallest absolute Gasteiger partial charge is 0.226 e. The minimum absolute atomic E-state index is 0.0679. The number of halogens is 1. The zero-order valence-electron chi connectivity index (χ0n) is 13.5. The average Bonchev–Trinajstić information content (AvgIpc) is 3.04. The molecule has 1 atom stereocenters. The van der Waals surface area contributed by atoms with E-state index in [1.165, 1.54) is 5.56 Å². The molecule has 2 heterocycles. The first-order valence-electron chi connectivity index (χ1n) is 8.37. The molecule has 2 amide bonds. The lowest BCUT2D eigenvalue weighted by atomic mass is 9.94. The average molecular weight is 379 g/mol. The third-order valence-corrected chi connectivity index (χ3v) is 5.55. The van der Waals surface area contributed by atoms with Gasteiger partial charge in [-0.15, -0.1) is 0 Å². The molecule has 4 nitrogen and oxygen atoms in total. The van der Waals surface area contributed by atoms with Gasteiger partial charge < -0.3 is 9.80 Å². The lowest BCUT2D eigenvalue weighted by Gasteiger charge is -2.34. The summed E-state index contributed by atoms with van der Waals surface area (Å²) in [6.45, 7) is 3.87. The van der Waals surface area contributed by atoms with Crippen LogP contribution in [0, 0.1) is 5.92 Å². The molecule has 23 heavy (non-hydrogen) atoms. The van der Waals surface area contributed by atoms with Gasteiger partial charge in [0.1, 0.15) is 0 Å². The maximum atomic E-state index is 13.0. The number of hydrogen-bond donors (Lipinski definition) is 0. The van der Waals surface area contributed by atoms with Crippen molar-refractivity contribution in [2.24, 2.45) is 5.92 Å². The highest BCUT2D eigenvalue weighted by Crippen LogP contribution is 2.35. The fourth-order valence-corrected chi connectivity index (χ4v) is 4.18. The lowest BCUT2D eigenvalue weighted by Crippen LogP contribution is -2.43. The zero-order valence-corrected chi connectivity index (χ0v) is 15.1. The number of rotatable bonds is 2. The topological polar surface area (TPSA) is 40.6 Å². The third kappa shape index (κ3) is 3.60. The van der Waals surface area contributed by atoms with Gasteiger partial charge in [0.15, 0.2) is 0 Å². The number of hydrogen-bond acceptors (Lipinski definition) is 2. The Morgan fingerprint density at radius 3 is 2.52 bits per heavy atom. The second kappa shape index (κ2) is 7.04. The SMILES string of the molecule is CC(=O)N1CCC(C(=O)N2CCC[C@@H]2c2cccc(Br)c2)CC1. The molecule has 0 aliphatic carbocycles. The largest absolute Gasteiger partial charge is 0.343 e. The van der Waals surface area contributed by atoms with Gasteiger partial charge in [0.05, 0.1) is 6.04 Å². The van der Waals surface area contributed by atoms with Crippen molar-refractivity contribution in [3.63, 3.8) is 0 Å². The van der Waals surface area contributed by atoms with Crippen LogP contribution in [0.3, 0.4) is 0 Å². The minimum atomic E-state index is 0.0679. The lowest BCUT2D eigenvalue weighted by molar-refractivity contribution is -0.140. The van der Waals surface area contributed by atoms with E-state index in [4.69, 9.17) is 0 Å². The first-order valence-corrected chi connectivity index (χ1v) is 9.17. The molecular formula is C18H23BrN2O2. The maximum Gasteiger partial charge on any atom is 0.226 e. The summed E-state index contributed by atoms with van der Waals surface area (Å²) >= 11 is 3.52.